The van der Waals surface area contributed by atoms with Gasteiger partial charge in [0.05, 0.1) is 68.6 Å². The zero-order valence-electron chi connectivity index (χ0n) is 50.1. The van der Waals surface area contributed by atoms with Crippen LogP contribution in [0.15, 0.2) is 102 Å². The Morgan fingerprint density at radius 2 is 1.30 bits per heavy atom. The van der Waals surface area contributed by atoms with Crippen molar-refractivity contribution < 1.29 is 91.6 Å². The van der Waals surface area contributed by atoms with Crippen molar-refractivity contribution in [3.63, 3.8) is 0 Å². The molecule has 468 valence electrons. The molecule has 0 radical (unpaired) electrons. The van der Waals surface area contributed by atoms with Crippen molar-refractivity contribution in [2.45, 2.75) is 135 Å². The molecule has 3 aromatic rings. The molecule has 3 aliphatic carbocycles. The average molecular weight is 1200 g/mol. The van der Waals surface area contributed by atoms with Crippen molar-refractivity contribution in [2.75, 3.05) is 65.9 Å². The summed E-state index contributed by atoms with van der Waals surface area (Å²) in [6.07, 6.45) is -11.4. The fourth-order valence-electron chi connectivity index (χ4n) is 12.0. The Kier molecular flexibility index (Phi) is 22.1. The third-order valence-electron chi connectivity index (χ3n) is 16.8. The number of hydrogen-bond donors (Lipinski definition) is 7. The second-order valence-corrected chi connectivity index (χ2v) is 23.9. The highest BCUT2D eigenvalue weighted by Gasteiger charge is 2.78. The van der Waals surface area contributed by atoms with E-state index in [2.05, 4.69) is 21.3 Å². The Morgan fingerprint density at radius 3 is 1.86 bits per heavy atom. The number of rotatable bonds is 26. The highest BCUT2D eigenvalue weighted by molar-refractivity contribution is 5.96. The van der Waals surface area contributed by atoms with Crippen LogP contribution in [-0.4, -0.2) is 177 Å². The van der Waals surface area contributed by atoms with Gasteiger partial charge in [0.15, 0.2) is 23.6 Å². The lowest BCUT2D eigenvalue weighted by Crippen LogP contribution is -2.82. The second kappa shape index (κ2) is 28.6. The van der Waals surface area contributed by atoms with Crippen LogP contribution in [0.1, 0.15) is 113 Å². The molecule has 7 N–H and O–H groups in total. The molecule has 2 unspecified atom stereocenters. The first-order valence-electron chi connectivity index (χ1n) is 29.0. The van der Waals surface area contributed by atoms with Crippen molar-refractivity contribution >= 4 is 47.5 Å². The summed E-state index contributed by atoms with van der Waals surface area (Å²) < 4.78 is 47.9. The van der Waals surface area contributed by atoms with Crippen molar-refractivity contribution in [1.82, 2.24) is 21.3 Å². The number of nitrogens with one attached hydrogen (secondary N) is 4. The van der Waals surface area contributed by atoms with E-state index in [1.807, 2.05) is 0 Å². The highest BCUT2D eigenvalue weighted by Crippen LogP contribution is 2.64. The van der Waals surface area contributed by atoms with Gasteiger partial charge in [0.2, 0.25) is 11.8 Å². The van der Waals surface area contributed by atoms with Crippen LogP contribution in [0.3, 0.4) is 0 Å². The number of benzene rings is 3. The van der Waals surface area contributed by atoms with Crippen LogP contribution in [0.25, 0.3) is 0 Å². The molecule has 0 spiro atoms. The first kappa shape index (κ1) is 66.4. The van der Waals surface area contributed by atoms with E-state index in [0.29, 0.717) is 31.7 Å². The van der Waals surface area contributed by atoms with Crippen LogP contribution in [0.2, 0.25) is 0 Å². The number of Topliss-reactive ketones (excluding diaryl/α,β-unsaturated/α-hetero) is 1. The summed E-state index contributed by atoms with van der Waals surface area (Å²) in [5.74, 6) is -6.75. The minimum Gasteiger partial charge on any atom is -0.456 e. The number of esters is 3. The van der Waals surface area contributed by atoms with E-state index >= 15 is 4.79 Å². The Hall–Kier alpha value is -7.12. The molecule has 2 bridgehead atoms. The summed E-state index contributed by atoms with van der Waals surface area (Å²) in [4.78, 5) is 110. The average Bonchev–Trinajstić information content (AvgIpc) is 0.679. The summed E-state index contributed by atoms with van der Waals surface area (Å²) in [6, 6.07) is 22.7. The van der Waals surface area contributed by atoms with Crippen molar-refractivity contribution in [2.24, 2.45) is 22.2 Å². The van der Waals surface area contributed by atoms with Crippen LogP contribution in [-0.2, 0) is 61.9 Å². The molecule has 4 aliphatic rings. The summed E-state index contributed by atoms with van der Waals surface area (Å²) >= 11 is 0. The summed E-state index contributed by atoms with van der Waals surface area (Å²) in [6.45, 7) is 13.9. The molecule has 7 rings (SSSR count). The lowest BCUT2D eigenvalue weighted by atomic mass is 9.44. The van der Waals surface area contributed by atoms with Gasteiger partial charge in [0.1, 0.15) is 23.9 Å². The summed E-state index contributed by atoms with van der Waals surface area (Å²) in [5, 5.41) is 49.1. The lowest BCUT2D eigenvalue weighted by Gasteiger charge is -2.67. The lowest BCUT2D eigenvalue weighted by molar-refractivity contribution is -0.345. The number of hydrogen-bond acceptors (Lipinski definition) is 19. The van der Waals surface area contributed by atoms with Crippen LogP contribution >= 0.6 is 0 Å². The molecule has 23 nitrogen and oxygen atoms in total. The van der Waals surface area contributed by atoms with Crippen molar-refractivity contribution in [1.29, 1.82) is 0 Å². The Bertz CT molecular complexity index is 2920. The molecule has 86 heavy (non-hydrogen) atoms. The number of ketones is 1. The quantitative estimate of drug-likeness (QED) is 0.0258. The standard InChI is InChI=1S/C63H82N4O19/c1-38-43(83-56(75)49(71)48(40-20-12-9-13-21-40)67-54(73)41-22-14-10-15-23-41)35-63(78)53(85-55(74)42-24-16-11-17-25-42)51-61(8,44(69)34-45-62(51,37-82-45)86-39(2)68)52(72)50(47(38)60(63,6)7)84-58(77)65-27-19-29-80-31-33-81-32-30-79-28-18-26-64-46(70)36-66-57(76)59(3,4)5/h9-17,20-25,43-45,48-51,53,69,71,78H,18-19,26-37H2,1-8H3,(H,64,70)(H,65,77)(H,66,76)(H,67,73)/t43-,44-,45?,48-,49+,50+,51-,53-,61?,62-,63+/m0/s1. The monoisotopic (exact) mass is 1200 g/mol. The van der Waals surface area contributed by atoms with Gasteiger partial charge in [-0.15, -0.1) is 0 Å². The number of amides is 4. The van der Waals surface area contributed by atoms with Crippen LogP contribution in [0, 0.1) is 22.2 Å². The highest BCUT2D eigenvalue weighted by atomic mass is 16.6. The molecule has 1 aliphatic heterocycles. The molecule has 0 aromatic heterocycles. The van der Waals surface area contributed by atoms with Crippen molar-refractivity contribution in [3.8, 4) is 0 Å². The molecular weight excluding hydrogens is 1120 g/mol. The molecule has 23 heteroatoms. The first-order valence-corrected chi connectivity index (χ1v) is 29.0. The zero-order valence-corrected chi connectivity index (χ0v) is 50.1. The molecule has 11 atom stereocenters. The normalized spacial score (nSPS) is 26.3. The molecule has 1 saturated heterocycles. The third-order valence-corrected chi connectivity index (χ3v) is 16.8. The fraction of sp³-hybridized carbons (Fsp3) is 0.556. The van der Waals surface area contributed by atoms with E-state index in [4.69, 9.17) is 37.9 Å². The summed E-state index contributed by atoms with van der Waals surface area (Å²) in [7, 11) is 0. The minimum absolute atomic E-state index is 0.0120. The number of fused-ring (bicyclic) bond motifs is 5. The number of carbonyl (C=O) groups excluding carboxylic acids is 8. The van der Waals surface area contributed by atoms with Gasteiger partial charge in [-0.1, -0.05) is 101 Å². The van der Waals surface area contributed by atoms with Crippen LogP contribution in [0.4, 0.5) is 4.79 Å². The van der Waals surface area contributed by atoms with E-state index in [-0.39, 0.29) is 93.1 Å². The number of carbonyl (C=O) groups is 8. The maximum absolute atomic E-state index is 16.1. The van der Waals surface area contributed by atoms with E-state index in [9.17, 15) is 48.9 Å². The van der Waals surface area contributed by atoms with Gasteiger partial charge in [-0.05, 0) is 67.7 Å². The predicted molar refractivity (Wildman–Crippen MR) is 308 cm³/mol. The molecule has 4 amide bonds. The van der Waals surface area contributed by atoms with Gasteiger partial charge >= 0.3 is 24.0 Å². The maximum Gasteiger partial charge on any atom is 0.408 e. The third kappa shape index (κ3) is 14.8. The van der Waals surface area contributed by atoms with E-state index in [1.54, 1.807) is 113 Å². The molecular formula is C63H82N4O19. The smallest absolute Gasteiger partial charge is 0.408 e. The van der Waals surface area contributed by atoms with Gasteiger partial charge in [0.25, 0.3) is 5.91 Å². The first-order chi connectivity index (χ1) is 40.8. The van der Waals surface area contributed by atoms with Crippen LogP contribution < -0.4 is 21.3 Å². The molecule has 2 saturated carbocycles. The van der Waals surface area contributed by atoms with Crippen molar-refractivity contribution in [3.05, 3.63) is 119 Å². The molecule has 3 aromatic carbocycles. The number of aliphatic hydroxyl groups excluding tert-OH is 2. The van der Waals surface area contributed by atoms with Gasteiger partial charge in [-0.25, -0.2) is 14.4 Å². The van der Waals surface area contributed by atoms with Gasteiger partial charge in [-0.2, -0.15) is 0 Å². The molecule has 3 fully saturated rings. The fourth-order valence-corrected chi connectivity index (χ4v) is 12.0. The number of aliphatic hydroxyl groups is 3. The predicted octanol–water partition coefficient (Wildman–Crippen LogP) is 4.01. The molecule has 1 heterocycles. The SMILES string of the molecule is CC(=O)O[C@@]12COC1C[C@H](O)C1(C)C(=O)[C@H](OC(=O)NCCCOCCOCCOCCCNC(=O)CNC(=O)C(C)(C)C)C3=C(C)[C@@H](OC(=O)[C@H](O)[C@@H](NC(=O)c4ccccc4)c4ccccc4)C[C@@](O)([C@@H](OC(=O)c4ccccc4)[C@@H]12)C3(C)C. The van der Waals surface area contributed by atoms with E-state index in [1.165, 1.54) is 26.0 Å². The maximum atomic E-state index is 16.1. The number of ether oxygens (including phenoxy) is 8. The summed E-state index contributed by atoms with van der Waals surface area (Å²) in [5.41, 5.74) is -8.23. The van der Waals surface area contributed by atoms with E-state index in [0.717, 1.165) is 6.92 Å². The largest absolute Gasteiger partial charge is 0.456 e. The Balaban J connectivity index is 1.10. The van der Waals surface area contributed by atoms with Crippen LogP contribution in [0.5, 0.6) is 0 Å². The van der Waals surface area contributed by atoms with Gasteiger partial charge < -0.3 is 74.5 Å². The number of alkyl carbamates (subject to hydrolysis) is 1. The van der Waals surface area contributed by atoms with Gasteiger partial charge in [-0.3, -0.25) is 24.0 Å². The topological polar surface area (TPSA) is 319 Å². The zero-order chi connectivity index (χ0) is 62.6. The second-order valence-electron chi connectivity index (χ2n) is 23.9. The van der Waals surface area contributed by atoms with E-state index < -0.39 is 118 Å². The van der Waals surface area contributed by atoms with Gasteiger partial charge in [0, 0.05) is 62.5 Å². The Morgan fingerprint density at radius 1 is 0.744 bits per heavy atom. The minimum atomic E-state index is -2.49. The Labute approximate surface area is 500 Å².